The Bertz CT molecular complexity index is 447. The van der Waals surface area contributed by atoms with Crippen LogP contribution in [0.4, 0.5) is 0 Å². The second-order valence-corrected chi connectivity index (χ2v) is 6.48. The van der Waals surface area contributed by atoms with Gasteiger partial charge in [0.2, 0.25) is 5.91 Å². The summed E-state index contributed by atoms with van der Waals surface area (Å²) >= 11 is 5.00. The van der Waals surface area contributed by atoms with Crippen LogP contribution in [-0.2, 0) is 4.79 Å². The molecule has 0 radical (unpaired) electrons. The number of aliphatic hydroxyl groups excluding tert-OH is 1. The molecule has 1 N–H and O–H groups in total. The molecule has 0 atom stereocenters. The molecule has 1 aromatic rings. The zero-order chi connectivity index (χ0) is 13.1. The van der Waals surface area contributed by atoms with Crippen molar-refractivity contribution in [1.82, 2.24) is 4.90 Å². The third-order valence-electron chi connectivity index (χ3n) is 3.06. The van der Waals surface area contributed by atoms with E-state index in [0.717, 1.165) is 9.37 Å². The summed E-state index contributed by atoms with van der Waals surface area (Å²) in [6.07, 6.45) is 0. The van der Waals surface area contributed by atoms with Gasteiger partial charge in [-0.25, -0.2) is 0 Å². The van der Waals surface area contributed by atoms with Crippen LogP contribution in [0.1, 0.15) is 5.56 Å². The third-order valence-corrected chi connectivity index (χ3v) is 4.71. The second-order valence-electron chi connectivity index (χ2n) is 4.55. The molecule has 5 heteroatoms. The van der Waals surface area contributed by atoms with Gasteiger partial charge in [-0.2, -0.15) is 0 Å². The Morgan fingerprint density at radius 3 is 2.89 bits per heavy atom. The third kappa shape index (κ3) is 3.28. The summed E-state index contributed by atoms with van der Waals surface area (Å²) in [6.45, 7) is 3.64. The van der Waals surface area contributed by atoms with Crippen LogP contribution < -0.4 is 0 Å². The molecule has 1 amide bonds. The zero-order valence-corrected chi connectivity index (χ0v) is 12.6. The van der Waals surface area contributed by atoms with Crippen molar-refractivity contribution in [1.29, 1.82) is 0 Å². The van der Waals surface area contributed by atoms with Crippen LogP contribution in [0.2, 0.25) is 0 Å². The van der Waals surface area contributed by atoms with Crippen molar-refractivity contribution in [3.63, 3.8) is 0 Å². The molecular weight excluding hydrogens is 314 g/mol. The van der Waals surface area contributed by atoms with Crippen LogP contribution in [0.15, 0.2) is 27.6 Å². The van der Waals surface area contributed by atoms with Gasteiger partial charge in [-0.3, -0.25) is 4.79 Å². The van der Waals surface area contributed by atoms with Crippen LogP contribution >= 0.6 is 27.7 Å². The molecule has 98 valence electrons. The van der Waals surface area contributed by atoms with Crippen molar-refractivity contribution in [3.05, 3.63) is 28.2 Å². The second kappa shape index (κ2) is 6.08. The minimum absolute atomic E-state index is 0.159. The lowest BCUT2D eigenvalue weighted by molar-refractivity contribution is -0.135. The van der Waals surface area contributed by atoms with E-state index in [-0.39, 0.29) is 18.4 Å². The number of hydrogen-bond donors (Lipinski definition) is 1. The van der Waals surface area contributed by atoms with E-state index in [1.54, 1.807) is 11.8 Å². The van der Waals surface area contributed by atoms with Gasteiger partial charge in [-0.05, 0) is 30.7 Å². The van der Waals surface area contributed by atoms with Crippen LogP contribution in [0, 0.1) is 12.8 Å². The predicted molar refractivity (Wildman–Crippen MR) is 76.8 cm³/mol. The molecule has 2 rings (SSSR count). The van der Waals surface area contributed by atoms with Gasteiger partial charge < -0.3 is 10.0 Å². The lowest BCUT2D eigenvalue weighted by atomic mass is 10.0. The lowest BCUT2D eigenvalue weighted by Crippen LogP contribution is -2.51. The average Bonchev–Trinajstić information content (AvgIpc) is 2.26. The van der Waals surface area contributed by atoms with E-state index >= 15 is 0 Å². The predicted octanol–water partition coefficient (Wildman–Crippen LogP) is 2.30. The molecule has 1 heterocycles. The number of benzene rings is 1. The van der Waals surface area contributed by atoms with Crippen molar-refractivity contribution >= 4 is 33.6 Å². The van der Waals surface area contributed by atoms with E-state index in [2.05, 4.69) is 22.0 Å². The Hall–Kier alpha value is -0.520. The van der Waals surface area contributed by atoms with Gasteiger partial charge in [0, 0.05) is 35.0 Å². The molecular formula is C13H16BrNO2S. The molecule has 1 aliphatic heterocycles. The van der Waals surface area contributed by atoms with Crippen LogP contribution in [-0.4, -0.2) is 41.4 Å². The number of nitrogens with zero attached hydrogens (tertiary/aromatic N) is 1. The zero-order valence-electron chi connectivity index (χ0n) is 10.2. The highest BCUT2D eigenvalue weighted by Gasteiger charge is 2.29. The van der Waals surface area contributed by atoms with E-state index in [1.165, 1.54) is 5.56 Å². The van der Waals surface area contributed by atoms with Crippen molar-refractivity contribution < 1.29 is 9.90 Å². The smallest absolute Gasteiger partial charge is 0.232 e. The normalized spacial score (nSPS) is 15.6. The summed E-state index contributed by atoms with van der Waals surface area (Å²) in [5.74, 6) is 0.918. The van der Waals surface area contributed by atoms with Gasteiger partial charge >= 0.3 is 0 Å². The molecule has 1 aromatic carbocycles. The number of rotatable bonds is 4. The molecule has 0 saturated carbocycles. The summed E-state index contributed by atoms with van der Waals surface area (Å²) in [4.78, 5) is 14.8. The van der Waals surface area contributed by atoms with Gasteiger partial charge in [0.15, 0.2) is 0 Å². The Kier molecular flexibility index (Phi) is 4.70. The SMILES string of the molecule is Cc1cc(Br)ccc1SCC(=O)N1CC(CO)C1. The number of aliphatic hydroxyl groups is 1. The fraction of sp³-hybridized carbons (Fsp3) is 0.462. The largest absolute Gasteiger partial charge is 0.396 e. The number of carbonyl (C=O) groups excluding carboxylic acids is 1. The Balaban J connectivity index is 1.83. The van der Waals surface area contributed by atoms with Gasteiger partial charge in [0.05, 0.1) is 5.75 Å². The molecule has 18 heavy (non-hydrogen) atoms. The highest BCUT2D eigenvalue weighted by Crippen LogP contribution is 2.26. The van der Waals surface area contributed by atoms with Crippen LogP contribution in [0.25, 0.3) is 0 Å². The summed E-state index contributed by atoms with van der Waals surface area (Å²) in [5.41, 5.74) is 1.18. The maximum Gasteiger partial charge on any atom is 0.232 e. The van der Waals surface area contributed by atoms with Crippen molar-refractivity contribution in [2.24, 2.45) is 5.92 Å². The summed E-state index contributed by atoms with van der Waals surface area (Å²) < 4.78 is 1.06. The fourth-order valence-corrected chi connectivity index (χ4v) is 3.28. The molecule has 0 spiro atoms. The number of likely N-dealkylation sites (tertiary alicyclic amines) is 1. The van der Waals surface area contributed by atoms with Gasteiger partial charge in [0.25, 0.3) is 0 Å². The quantitative estimate of drug-likeness (QED) is 0.862. The topological polar surface area (TPSA) is 40.5 Å². The van der Waals surface area contributed by atoms with E-state index in [1.807, 2.05) is 24.0 Å². The number of halogens is 1. The van der Waals surface area contributed by atoms with Crippen molar-refractivity contribution in [3.8, 4) is 0 Å². The van der Waals surface area contributed by atoms with Gasteiger partial charge in [0.1, 0.15) is 0 Å². The summed E-state index contributed by atoms with van der Waals surface area (Å²) in [6, 6.07) is 6.08. The minimum Gasteiger partial charge on any atom is -0.396 e. The van der Waals surface area contributed by atoms with Gasteiger partial charge in [-0.1, -0.05) is 15.9 Å². The maximum atomic E-state index is 11.9. The summed E-state index contributed by atoms with van der Waals surface area (Å²) in [5, 5.41) is 8.91. The Labute approximate surface area is 120 Å². The Morgan fingerprint density at radius 1 is 1.56 bits per heavy atom. The first-order chi connectivity index (χ1) is 8.60. The first-order valence-electron chi connectivity index (χ1n) is 5.87. The molecule has 0 aromatic heterocycles. The molecule has 0 bridgehead atoms. The molecule has 0 unspecified atom stereocenters. The molecule has 3 nitrogen and oxygen atoms in total. The number of hydrogen-bond acceptors (Lipinski definition) is 3. The van der Waals surface area contributed by atoms with E-state index in [9.17, 15) is 4.79 Å². The number of amides is 1. The van der Waals surface area contributed by atoms with Crippen molar-refractivity contribution in [2.75, 3.05) is 25.4 Å². The Morgan fingerprint density at radius 2 is 2.28 bits per heavy atom. The number of aryl methyl sites for hydroxylation is 1. The monoisotopic (exact) mass is 329 g/mol. The molecule has 1 fully saturated rings. The van der Waals surface area contributed by atoms with Crippen LogP contribution in [0.3, 0.4) is 0 Å². The van der Waals surface area contributed by atoms with E-state index < -0.39 is 0 Å². The minimum atomic E-state index is 0.159. The highest BCUT2D eigenvalue weighted by atomic mass is 79.9. The van der Waals surface area contributed by atoms with Gasteiger partial charge in [-0.15, -0.1) is 11.8 Å². The van der Waals surface area contributed by atoms with Crippen molar-refractivity contribution in [2.45, 2.75) is 11.8 Å². The highest BCUT2D eigenvalue weighted by molar-refractivity contribution is 9.10. The van der Waals surface area contributed by atoms with E-state index in [0.29, 0.717) is 18.8 Å². The van der Waals surface area contributed by atoms with Crippen LogP contribution in [0.5, 0.6) is 0 Å². The fourth-order valence-electron chi connectivity index (χ4n) is 1.89. The molecule has 0 aliphatic carbocycles. The average molecular weight is 330 g/mol. The summed E-state index contributed by atoms with van der Waals surface area (Å²) in [7, 11) is 0. The standard InChI is InChI=1S/C13H16BrNO2S/c1-9-4-11(14)2-3-12(9)18-8-13(17)15-5-10(6-15)7-16/h2-4,10,16H,5-8H2,1H3. The number of carbonyl (C=O) groups is 1. The number of thioether (sulfide) groups is 1. The molecule has 1 aliphatic rings. The first kappa shape index (κ1) is 13.9. The lowest BCUT2D eigenvalue weighted by Gasteiger charge is -2.38. The molecule has 1 saturated heterocycles. The maximum absolute atomic E-state index is 11.9. The van der Waals surface area contributed by atoms with E-state index in [4.69, 9.17) is 5.11 Å². The first-order valence-corrected chi connectivity index (χ1v) is 7.65.